The number of rotatable bonds is 2. The van der Waals surface area contributed by atoms with Crippen LogP contribution in [0.3, 0.4) is 0 Å². The lowest BCUT2D eigenvalue weighted by Gasteiger charge is -2.25. The van der Waals surface area contributed by atoms with Gasteiger partial charge in [0, 0.05) is 0 Å². The molecule has 0 bridgehead atoms. The van der Waals surface area contributed by atoms with Crippen LogP contribution in [0.25, 0.3) is 0 Å². The zero-order chi connectivity index (χ0) is 13.7. The maximum atomic E-state index is 14.4. The second-order valence-corrected chi connectivity index (χ2v) is 3.79. The Morgan fingerprint density at radius 2 is 1.78 bits per heavy atom. The van der Waals surface area contributed by atoms with Crippen LogP contribution in [0.5, 0.6) is 0 Å². The minimum atomic E-state index is -2.04. The second kappa shape index (κ2) is 3.46. The van der Waals surface area contributed by atoms with Gasteiger partial charge in [-0.1, -0.05) is 0 Å². The highest BCUT2D eigenvalue weighted by molar-refractivity contribution is 5.72. The third-order valence-electron chi connectivity index (χ3n) is 2.62. The zero-order valence-electron chi connectivity index (χ0n) is 9.21. The van der Waals surface area contributed by atoms with Gasteiger partial charge in [0.15, 0.2) is 17.5 Å². The van der Waals surface area contributed by atoms with Crippen LogP contribution in [-0.4, -0.2) is 15.4 Å². The van der Waals surface area contributed by atoms with Crippen LogP contribution in [0.4, 0.5) is 21.7 Å². The van der Waals surface area contributed by atoms with Crippen molar-refractivity contribution in [3.05, 3.63) is 11.5 Å². The van der Waals surface area contributed by atoms with Gasteiger partial charge in [0.05, 0.1) is 0 Å². The maximum absolute atomic E-state index is 14.4. The third kappa shape index (κ3) is 1.34. The molecule has 12 N–H and O–H groups in total. The largest absolute Gasteiger partial charge is 0.396 e. The van der Waals surface area contributed by atoms with Gasteiger partial charge in [0.2, 0.25) is 12.0 Å². The Balaban J connectivity index is 2.47. The quantitative estimate of drug-likeness (QED) is 0.362. The normalized spacial score (nSPS) is 24.8. The van der Waals surface area contributed by atoms with Crippen molar-refractivity contribution in [1.82, 2.24) is 9.78 Å². The van der Waals surface area contributed by atoms with E-state index in [1.165, 1.54) is 0 Å². The summed E-state index contributed by atoms with van der Waals surface area (Å²) >= 11 is 0. The van der Waals surface area contributed by atoms with E-state index >= 15 is 0 Å². The van der Waals surface area contributed by atoms with Crippen molar-refractivity contribution in [2.75, 3.05) is 17.2 Å². The first-order valence-electron chi connectivity index (χ1n) is 4.79. The third-order valence-corrected chi connectivity index (χ3v) is 2.62. The molecule has 0 fully saturated rings. The Hall–Kier alpha value is -2.56. The van der Waals surface area contributed by atoms with Crippen molar-refractivity contribution in [3.63, 3.8) is 0 Å². The number of aromatic nitrogens is 2. The molecular weight excluding hydrogens is 243 g/mol. The van der Waals surface area contributed by atoms with Crippen molar-refractivity contribution in [2.24, 2.45) is 27.4 Å². The first-order chi connectivity index (χ1) is 8.29. The van der Waals surface area contributed by atoms with E-state index in [0.29, 0.717) is 4.68 Å². The van der Waals surface area contributed by atoms with Crippen molar-refractivity contribution in [1.29, 1.82) is 0 Å². The smallest absolute Gasteiger partial charge is 0.239 e. The number of alkyl halides is 1. The van der Waals surface area contributed by atoms with Gasteiger partial charge in [-0.05, 0) is 0 Å². The molecule has 0 saturated heterocycles. The molecule has 1 aromatic heterocycles. The van der Waals surface area contributed by atoms with Gasteiger partial charge in [0.25, 0.3) is 0 Å². The van der Waals surface area contributed by atoms with Crippen LogP contribution in [0, 0.1) is 0 Å². The number of nitrogen functional groups attached to an aromatic ring is 3. The lowest BCUT2D eigenvalue weighted by atomic mass is 10.1. The molecule has 11 heteroatoms. The molecule has 10 nitrogen and oxygen atoms in total. The molecule has 0 aliphatic carbocycles. The zero-order valence-corrected chi connectivity index (χ0v) is 9.21. The summed E-state index contributed by atoms with van der Waals surface area (Å²) in [6.07, 6.45) is -2.04. The first kappa shape index (κ1) is 11.9. The molecular formula is C7H13FN10. The highest BCUT2D eigenvalue weighted by Gasteiger charge is 2.46. The topological polar surface area (TPSA) is 199 Å². The van der Waals surface area contributed by atoms with Crippen molar-refractivity contribution < 1.29 is 4.39 Å². The summed E-state index contributed by atoms with van der Waals surface area (Å²) in [6, 6.07) is 0. The van der Waals surface area contributed by atoms with Gasteiger partial charge in [0.1, 0.15) is 11.4 Å². The molecule has 2 atom stereocenters. The summed E-state index contributed by atoms with van der Waals surface area (Å²) in [5.41, 5.74) is 30.8. The summed E-state index contributed by atoms with van der Waals surface area (Å²) in [6.45, 7) is 0. The van der Waals surface area contributed by atoms with E-state index in [0.717, 1.165) is 0 Å². The Labute approximate surface area is 100 Å². The van der Waals surface area contributed by atoms with E-state index < -0.39 is 12.0 Å². The van der Waals surface area contributed by atoms with E-state index in [1.807, 2.05) is 0 Å². The SMILES string of the molecule is NC1=C(N)C(N)(C(F)n2nc(N)c(N)c2N)N=N1. The summed E-state index contributed by atoms with van der Waals surface area (Å²) in [4.78, 5) is 0. The predicted octanol–water partition coefficient (Wildman–Crippen LogP) is -1.69. The summed E-state index contributed by atoms with van der Waals surface area (Å²) < 4.78 is 15.1. The van der Waals surface area contributed by atoms with Gasteiger partial charge in [-0.25, -0.2) is 9.07 Å². The molecule has 1 aromatic rings. The van der Waals surface area contributed by atoms with Crippen molar-refractivity contribution >= 4 is 17.3 Å². The minimum Gasteiger partial charge on any atom is -0.396 e. The fraction of sp³-hybridized carbons (Fsp3) is 0.286. The van der Waals surface area contributed by atoms with Crippen LogP contribution in [-0.2, 0) is 0 Å². The molecule has 2 rings (SSSR count). The van der Waals surface area contributed by atoms with Gasteiger partial charge in [-0.3, -0.25) is 5.73 Å². The molecule has 0 spiro atoms. The summed E-state index contributed by atoms with van der Waals surface area (Å²) in [5, 5.41) is 10.5. The lowest BCUT2D eigenvalue weighted by Crippen LogP contribution is -2.48. The fourth-order valence-corrected chi connectivity index (χ4v) is 1.46. The number of hydrogen-bond acceptors (Lipinski definition) is 9. The molecule has 0 amide bonds. The molecule has 18 heavy (non-hydrogen) atoms. The second-order valence-electron chi connectivity index (χ2n) is 3.79. The van der Waals surface area contributed by atoms with Crippen molar-refractivity contribution in [2.45, 2.75) is 12.0 Å². The lowest BCUT2D eigenvalue weighted by molar-refractivity contribution is 0.133. The molecule has 0 aromatic carbocycles. The molecule has 0 radical (unpaired) electrons. The summed E-state index contributed by atoms with van der Waals surface area (Å²) in [7, 11) is 0. The predicted molar refractivity (Wildman–Crippen MR) is 62.8 cm³/mol. The number of nitrogens with two attached hydrogens (primary N) is 6. The Bertz CT molecular complexity index is 559. The molecule has 98 valence electrons. The monoisotopic (exact) mass is 256 g/mol. The van der Waals surface area contributed by atoms with Crippen LogP contribution in [0.2, 0.25) is 0 Å². The van der Waals surface area contributed by atoms with E-state index in [2.05, 4.69) is 15.3 Å². The first-order valence-corrected chi connectivity index (χ1v) is 4.79. The minimum absolute atomic E-state index is 0.0493. The van der Waals surface area contributed by atoms with E-state index in [-0.39, 0.29) is 28.8 Å². The number of nitrogens with zero attached hydrogens (tertiary/aromatic N) is 4. The Morgan fingerprint density at radius 1 is 1.17 bits per heavy atom. The highest BCUT2D eigenvalue weighted by Crippen LogP contribution is 2.36. The highest BCUT2D eigenvalue weighted by atomic mass is 19.1. The molecule has 2 heterocycles. The van der Waals surface area contributed by atoms with Crippen LogP contribution >= 0.6 is 0 Å². The maximum Gasteiger partial charge on any atom is 0.239 e. The van der Waals surface area contributed by atoms with E-state index in [9.17, 15) is 4.39 Å². The van der Waals surface area contributed by atoms with Gasteiger partial charge < -0.3 is 28.7 Å². The van der Waals surface area contributed by atoms with Crippen LogP contribution in [0.15, 0.2) is 21.7 Å². The van der Waals surface area contributed by atoms with Crippen molar-refractivity contribution in [3.8, 4) is 0 Å². The van der Waals surface area contributed by atoms with E-state index in [4.69, 9.17) is 34.4 Å². The Morgan fingerprint density at radius 3 is 2.17 bits per heavy atom. The molecule has 1 aliphatic rings. The molecule has 0 saturated carbocycles. The average Bonchev–Trinajstić information content (AvgIpc) is 2.75. The van der Waals surface area contributed by atoms with E-state index in [1.54, 1.807) is 0 Å². The molecule has 1 aliphatic heterocycles. The molecule has 2 unspecified atom stereocenters. The van der Waals surface area contributed by atoms with Gasteiger partial charge >= 0.3 is 0 Å². The Kier molecular flexibility index (Phi) is 2.29. The standard InChI is InChI=1S/C7H13FN10/c8-6(7(14)2(10)4(12)15-17-7)18-5(13)1(9)3(11)16-18/h6H,9-10,12-14H2,(H2,11,16). The van der Waals surface area contributed by atoms with Crippen LogP contribution < -0.4 is 34.4 Å². The van der Waals surface area contributed by atoms with Crippen LogP contribution in [0.1, 0.15) is 6.30 Å². The fourth-order valence-electron chi connectivity index (χ4n) is 1.46. The number of halogens is 1. The number of anilines is 3. The number of azo groups is 1. The van der Waals surface area contributed by atoms with Gasteiger partial charge in [-0.2, -0.15) is 5.11 Å². The van der Waals surface area contributed by atoms with Gasteiger partial charge in [-0.15, -0.1) is 10.2 Å². The number of hydrogen-bond donors (Lipinski definition) is 6. The average molecular weight is 256 g/mol. The summed E-state index contributed by atoms with van der Waals surface area (Å²) in [5.74, 6) is -0.464.